The molecule has 0 atom stereocenters. The van der Waals surface area contributed by atoms with E-state index in [2.05, 4.69) is 15.6 Å². The van der Waals surface area contributed by atoms with Crippen molar-refractivity contribution >= 4 is 29.2 Å². The van der Waals surface area contributed by atoms with Crippen molar-refractivity contribution in [2.75, 3.05) is 31.1 Å². The number of para-hydroxylation sites is 1. The van der Waals surface area contributed by atoms with Gasteiger partial charge in [-0.25, -0.2) is 4.98 Å². The van der Waals surface area contributed by atoms with E-state index in [4.69, 9.17) is 11.6 Å². The smallest absolute Gasteiger partial charge is 0.417 e. The van der Waals surface area contributed by atoms with Gasteiger partial charge in [-0.3, -0.25) is 9.59 Å². The first-order valence-corrected chi connectivity index (χ1v) is 10.4. The lowest BCUT2D eigenvalue weighted by atomic mass is 9.96. The molecule has 0 bridgehead atoms. The minimum atomic E-state index is -4.51. The standard InChI is InChI=1S/C21H22ClF3N4O3/c22-16-11-14(21(23,24)25)12-28-18(16)29-9-5-13(6-10-29)19(31)26-7-8-27-20(32)15-3-1-2-4-17(15)30/h1-4,11-13,30H,5-10H2,(H,26,31)(H,27,32). The summed E-state index contributed by atoms with van der Waals surface area (Å²) in [5.74, 6) is -0.707. The van der Waals surface area contributed by atoms with Crippen molar-refractivity contribution in [3.8, 4) is 5.75 Å². The minimum Gasteiger partial charge on any atom is -0.507 e. The molecule has 7 nitrogen and oxygen atoms in total. The molecule has 3 rings (SSSR count). The van der Waals surface area contributed by atoms with E-state index in [1.165, 1.54) is 12.1 Å². The van der Waals surface area contributed by atoms with Crippen LogP contribution in [0.1, 0.15) is 28.8 Å². The SMILES string of the molecule is O=C(NCCNC(=O)C1CCN(c2ncc(C(F)(F)F)cc2Cl)CC1)c1ccccc1O. The molecule has 1 aromatic carbocycles. The summed E-state index contributed by atoms with van der Waals surface area (Å²) in [5, 5.41) is 15.0. The zero-order valence-electron chi connectivity index (χ0n) is 17.0. The van der Waals surface area contributed by atoms with Crippen LogP contribution in [0.3, 0.4) is 0 Å². The Labute approximate surface area is 187 Å². The quantitative estimate of drug-likeness (QED) is 0.563. The third-order valence-electron chi connectivity index (χ3n) is 5.17. The minimum absolute atomic E-state index is 0.0806. The predicted molar refractivity (Wildman–Crippen MR) is 113 cm³/mol. The summed E-state index contributed by atoms with van der Waals surface area (Å²) >= 11 is 6.00. The number of hydrogen-bond acceptors (Lipinski definition) is 5. The van der Waals surface area contributed by atoms with Crippen molar-refractivity contribution in [3.63, 3.8) is 0 Å². The van der Waals surface area contributed by atoms with Gasteiger partial charge in [-0.05, 0) is 31.0 Å². The molecule has 0 unspecified atom stereocenters. The molecule has 2 aromatic rings. The number of aromatic hydroxyl groups is 1. The maximum atomic E-state index is 12.8. The van der Waals surface area contributed by atoms with Crippen LogP contribution in [0, 0.1) is 5.92 Å². The molecule has 0 spiro atoms. The maximum absolute atomic E-state index is 12.8. The molecule has 1 aliphatic heterocycles. The molecule has 11 heteroatoms. The van der Waals surface area contributed by atoms with Gasteiger partial charge < -0.3 is 20.6 Å². The maximum Gasteiger partial charge on any atom is 0.417 e. The zero-order valence-corrected chi connectivity index (χ0v) is 17.7. The number of nitrogens with zero attached hydrogens (tertiary/aromatic N) is 2. The normalized spacial score (nSPS) is 14.8. The number of aromatic nitrogens is 1. The largest absolute Gasteiger partial charge is 0.507 e. The van der Waals surface area contributed by atoms with Crippen LogP contribution < -0.4 is 15.5 Å². The Kier molecular flexibility index (Phi) is 7.44. The van der Waals surface area contributed by atoms with E-state index in [0.29, 0.717) is 25.9 Å². The number of halogens is 4. The van der Waals surface area contributed by atoms with E-state index >= 15 is 0 Å². The fourth-order valence-electron chi connectivity index (χ4n) is 3.44. The fourth-order valence-corrected chi connectivity index (χ4v) is 3.72. The van der Waals surface area contributed by atoms with Gasteiger partial charge in [-0.1, -0.05) is 23.7 Å². The third kappa shape index (κ3) is 5.82. The van der Waals surface area contributed by atoms with Crippen LogP contribution >= 0.6 is 11.6 Å². The van der Waals surface area contributed by atoms with Crippen LogP contribution in [0.5, 0.6) is 5.75 Å². The zero-order chi connectivity index (χ0) is 23.3. The fraction of sp³-hybridized carbons (Fsp3) is 0.381. The number of amides is 2. The monoisotopic (exact) mass is 470 g/mol. The number of carbonyl (C=O) groups excluding carboxylic acids is 2. The first kappa shape index (κ1) is 23.6. The highest BCUT2D eigenvalue weighted by Gasteiger charge is 2.33. The van der Waals surface area contributed by atoms with Crippen molar-refractivity contribution in [1.82, 2.24) is 15.6 Å². The van der Waals surface area contributed by atoms with Crippen molar-refractivity contribution < 1.29 is 27.9 Å². The molecule has 172 valence electrons. The van der Waals surface area contributed by atoms with Crippen LogP contribution in [0.4, 0.5) is 19.0 Å². The van der Waals surface area contributed by atoms with Crippen LogP contribution in [-0.4, -0.2) is 48.1 Å². The molecular formula is C21H22ClF3N4O3. The molecule has 1 fully saturated rings. The Morgan fingerprint density at radius 1 is 1.16 bits per heavy atom. The number of pyridine rings is 1. The summed E-state index contributed by atoms with van der Waals surface area (Å²) in [5.41, 5.74) is -0.753. The number of phenols is 1. The van der Waals surface area contributed by atoms with E-state index in [9.17, 15) is 27.9 Å². The molecule has 3 N–H and O–H groups in total. The molecular weight excluding hydrogens is 449 g/mol. The Morgan fingerprint density at radius 2 is 1.81 bits per heavy atom. The van der Waals surface area contributed by atoms with Gasteiger partial charge in [0.25, 0.3) is 5.91 Å². The molecule has 32 heavy (non-hydrogen) atoms. The number of hydrogen-bond donors (Lipinski definition) is 3. The van der Waals surface area contributed by atoms with Crippen LogP contribution in [-0.2, 0) is 11.0 Å². The first-order valence-electron chi connectivity index (χ1n) is 9.98. The second kappa shape index (κ2) is 10.1. The van der Waals surface area contributed by atoms with E-state index in [0.717, 1.165) is 12.3 Å². The van der Waals surface area contributed by atoms with E-state index in [1.54, 1.807) is 17.0 Å². The first-order chi connectivity index (χ1) is 15.2. The lowest BCUT2D eigenvalue weighted by Gasteiger charge is -2.32. The van der Waals surface area contributed by atoms with E-state index in [1.807, 2.05) is 0 Å². The second-order valence-electron chi connectivity index (χ2n) is 7.35. The number of phenolic OH excluding ortho intramolecular Hbond substituents is 1. The highest BCUT2D eigenvalue weighted by atomic mass is 35.5. The number of alkyl halides is 3. The number of piperidine rings is 1. The van der Waals surface area contributed by atoms with E-state index in [-0.39, 0.29) is 47.1 Å². The Hall–Kier alpha value is -3.01. The summed E-state index contributed by atoms with van der Waals surface area (Å²) in [6.07, 6.45) is -2.77. The number of anilines is 1. The highest BCUT2D eigenvalue weighted by molar-refractivity contribution is 6.33. The molecule has 1 aliphatic rings. The van der Waals surface area contributed by atoms with Gasteiger partial charge in [-0.2, -0.15) is 13.2 Å². The second-order valence-corrected chi connectivity index (χ2v) is 7.76. The molecule has 1 aromatic heterocycles. The summed E-state index contributed by atoms with van der Waals surface area (Å²) in [4.78, 5) is 30.0. The van der Waals surface area contributed by atoms with Gasteiger partial charge in [-0.15, -0.1) is 0 Å². The molecule has 0 saturated carbocycles. The van der Waals surface area contributed by atoms with Crippen molar-refractivity contribution in [3.05, 3.63) is 52.7 Å². The summed E-state index contributed by atoms with van der Waals surface area (Å²) in [6.45, 7) is 1.29. The Morgan fingerprint density at radius 3 is 2.44 bits per heavy atom. The van der Waals surface area contributed by atoms with Gasteiger partial charge in [0.2, 0.25) is 5.91 Å². The Balaban J connectivity index is 1.43. The molecule has 1 saturated heterocycles. The predicted octanol–water partition coefficient (Wildman–Crippen LogP) is 3.22. The van der Waals surface area contributed by atoms with Crippen molar-refractivity contribution in [1.29, 1.82) is 0 Å². The summed E-state index contributed by atoms with van der Waals surface area (Å²) in [6, 6.07) is 7.01. The van der Waals surface area contributed by atoms with Gasteiger partial charge in [0.15, 0.2) is 0 Å². The lowest BCUT2D eigenvalue weighted by molar-refractivity contribution is -0.137. The lowest BCUT2D eigenvalue weighted by Crippen LogP contribution is -2.43. The van der Waals surface area contributed by atoms with Gasteiger partial charge >= 0.3 is 6.18 Å². The van der Waals surface area contributed by atoms with E-state index < -0.39 is 17.6 Å². The van der Waals surface area contributed by atoms with Crippen LogP contribution in [0.2, 0.25) is 5.02 Å². The van der Waals surface area contributed by atoms with Crippen LogP contribution in [0.15, 0.2) is 36.5 Å². The van der Waals surface area contributed by atoms with Gasteiger partial charge in [0.05, 0.1) is 16.1 Å². The van der Waals surface area contributed by atoms with Crippen LogP contribution in [0.25, 0.3) is 0 Å². The molecule has 0 aliphatic carbocycles. The van der Waals surface area contributed by atoms with Crippen molar-refractivity contribution in [2.45, 2.75) is 19.0 Å². The molecule has 2 amide bonds. The van der Waals surface area contributed by atoms with Crippen molar-refractivity contribution in [2.24, 2.45) is 5.92 Å². The number of nitrogens with one attached hydrogen (secondary N) is 2. The van der Waals surface area contributed by atoms with Gasteiger partial charge in [0.1, 0.15) is 11.6 Å². The average molecular weight is 471 g/mol. The third-order valence-corrected chi connectivity index (χ3v) is 5.45. The number of carbonyl (C=O) groups is 2. The molecule has 0 radical (unpaired) electrons. The number of rotatable bonds is 6. The molecule has 2 heterocycles. The topological polar surface area (TPSA) is 94.6 Å². The van der Waals surface area contributed by atoms with Gasteiger partial charge in [0, 0.05) is 38.3 Å². The highest BCUT2D eigenvalue weighted by Crippen LogP contribution is 2.34. The average Bonchev–Trinajstić information content (AvgIpc) is 2.76. The summed E-state index contributed by atoms with van der Waals surface area (Å²) < 4.78 is 38.3. The summed E-state index contributed by atoms with van der Waals surface area (Å²) in [7, 11) is 0. The Bertz CT molecular complexity index is 979. The number of benzene rings is 1.